The second-order valence-corrected chi connectivity index (χ2v) is 4.40. The van der Waals surface area contributed by atoms with E-state index in [0.717, 1.165) is 25.1 Å². The standard InChI is InChI=1S/C13H17N3O/c1-9(13-3-2-6-17-13)16-11-4-5-12(15)10(7-11)8-14/h4-5,7,9,13,16H,2-3,6,15H2,1H3. The molecule has 0 aromatic heterocycles. The number of hydrogen-bond acceptors (Lipinski definition) is 4. The topological polar surface area (TPSA) is 71.1 Å². The summed E-state index contributed by atoms with van der Waals surface area (Å²) in [7, 11) is 0. The number of nitrogens with two attached hydrogens (primary N) is 1. The molecule has 4 nitrogen and oxygen atoms in total. The SMILES string of the molecule is CC(Nc1ccc(N)c(C#N)c1)C1CCCO1. The average Bonchev–Trinajstić information content (AvgIpc) is 2.85. The van der Waals surface area contributed by atoms with Crippen molar-refractivity contribution >= 4 is 11.4 Å². The molecule has 2 rings (SSSR count). The summed E-state index contributed by atoms with van der Waals surface area (Å²) in [4.78, 5) is 0. The lowest BCUT2D eigenvalue weighted by Gasteiger charge is -2.21. The van der Waals surface area contributed by atoms with Crippen LogP contribution in [0.1, 0.15) is 25.3 Å². The van der Waals surface area contributed by atoms with Gasteiger partial charge in [-0.25, -0.2) is 0 Å². The van der Waals surface area contributed by atoms with E-state index in [-0.39, 0.29) is 12.1 Å². The largest absolute Gasteiger partial charge is 0.398 e. The summed E-state index contributed by atoms with van der Waals surface area (Å²) >= 11 is 0. The maximum absolute atomic E-state index is 8.91. The highest BCUT2D eigenvalue weighted by Crippen LogP contribution is 2.21. The van der Waals surface area contributed by atoms with E-state index in [1.807, 2.05) is 6.07 Å². The molecule has 1 aromatic carbocycles. The second-order valence-electron chi connectivity index (χ2n) is 4.40. The minimum atomic E-state index is 0.243. The summed E-state index contributed by atoms with van der Waals surface area (Å²) in [6.45, 7) is 2.94. The smallest absolute Gasteiger partial charge is 0.101 e. The Morgan fingerprint density at radius 1 is 1.59 bits per heavy atom. The molecule has 2 atom stereocenters. The predicted molar refractivity (Wildman–Crippen MR) is 67.6 cm³/mol. The molecule has 1 aromatic rings. The minimum Gasteiger partial charge on any atom is -0.398 e. The number of nitrogens with one attached hydrogen (secondary N) is 1. The molecule has 0 aliphatic carbocycles. The number of ether oxygens (including phenoxy) is 1. The first-order valence-electron chi connectivity index (χ1n) is 5.88. The Kier molecular flexibility index (Phi) is 3.50. The van der Waals surface area contributed by atoms with Crippen molar-refractivity contribution in [2.24, 2.45) is 0 Å². The number of benzene rings is 1. The van der Waals surface area contributed by atoms with E-state index in [0.29, 0.717) is 11.3 Å². The second kappa shape index (κ2) is 5.07. The molecule has 4 heteroatoms. The van der Waals surface area contributed by atoms with Crippen LogP contribution >= 0.6 is 0 Å². The lowest BCUT2D eigenvalue weighted by atomic mass is 10.1. The van der Waals surface area contributed by atoms with Crippen LogP contribution in [0.4, 0.5) is 11.4 Å². The van der Waals surface area contributed by atoms with Crippen LogP contribution < -0.4 is 11.1 Å². The molecule has 1 saturated heterocycles. The Bertz CT molecular complexity index is 433. The van der Waals surface area contributed by atoms with E-state index >= 15 is 0 Å². The summed E-state index contributed by atoms with van der Waals surface area (Å²) in [5, 5.41) is 12.3. The van der Waals surface area contributed by atoms with Crippen molar-refractivity contribution in [2.45, 2.75) is 31.9 Å². The van der Waals surface area contributed by atoms with E-state index < -0.39 is 0 Å². The van der Waals surface area contributed by atoms with Gasteiger partial charge in [-0.05, 0) is 38.0 Å². The number of rotatable bonds is 3. The fraction of sp³-hybridized carbons (Fsp3) is 0.462. The molecular weight excluding hydrogens is 214 g/mol. The molecule has 0 saturated carbocycles. The lowest BCUT2D eigenvalue weighted by molar-refractivity contribution is 0.0996. The fourth-order valence-corrected chi connectivity index (χ4v) is 2.10. The van der Waals surface area contributed by atoms with Gasteiger partial charge in [-0.1, -0.05) is 0 Å². The van der Waals surface area contributed by atoms with E-state index in [2.05, 4.69) is 18.3 Å². The van der Waals surface area contributed by atoms with E-state index in [9.17, 15) is 0 Å². The summed E-state index contributed by atoms with van der Waals surface area (Å²) < 4.78 is 5.62. The number of anilines is 2. The maximum atomic E-state index is 8.91. The molecule has 0 amide bonds. The highest BCUT2D eigenvalue weighted by atomic mass is 16.5. The Labute approximate surface area is 101 Å². The van der Waals surface area contributed by atoms with Gasteiger partial charge in [0.15, 0.2) is 0 Å². The van der Waals surface area contributed by atoms with Crippen LogP contribution in [0.15, 0.2) is 18.2 Å². The van der Waals surface area contributed by atoms with E-state index in [1.165, 1.54) is 0 Å². The highest BCUT2D eigenvalue weighted by Gasteiger charge is 2.22. The van der Waals surface area contributed by atoms with Gasteiger partial charge in [-0.2, -0.15) is 5.26 Å². The van der Waals surface area contributed by atoms with Crippen LogP contribution in [-0.2, 0) is 4.74 Å². The first kappa shape index (κ1) is 11.7. The summed E-state index contributed by atoms with van der Waals surface area (Å²) in [6.07, 6.45) is 2.48. The Morgan fingerprint density at radius 3 is 3.06 bits per heavy atom. The molecule has 1 aliphatic rings. The van der Waals surface area contributed by atoms with Crippen molar-refractivity contribution in [1.29, 1.82) is 5.26 Å². The quantitative estimate of drug-likeness (QED) is 0.782. The van der Waals surface area contributed by atoms with Gasteiger partial charge in [-0.15, -0.1) is 0 Å². The molecule has 1 heterocycles. The molecule has 90 valence electrons. The van der Waals surface area contributed by atoms with Crippen LogP contribution in [0.25, 0.3) is 0 Å². The predicted octanol–water partition coefficient (Wildman–Crippen LogP) is 2.12. The van der Waals surface area contributed by atoms with Crippen molar-refractivity contribution < 1.29 is 4.74 Å². The first-order valence-corrected chi connectivity index (χ1v) is 5.88. The van der Waals surface area contributed by atoms with Crippen molar-refractivity contribution in [3.05, 3.63) is 23.8 Å². The third kappa shape index (κ3) is 2.69. The molecular formula is C13H17N3O. The maximum Gasteiger partial charge on any atom is 0.101 e. The van der Waals surface area contributed by atoms with Gasteiger partial charge in [0.05, 0.1) is 11.7 Å². The molecule has 1 fully saturated rings. The monoisotopic (exact) mass is 231 g/mol. The van der Waals surface area contributed by atoms with Crippen LogP contribution in [0.5, 0.6) is 0 Å². The summed E-state index contributed by atoms with van der Waals surface area (Å²) in [5.74, 6) is 0. The molecule has 1 aliphatic heterocycles. The van der Waals surface area contributed by atoms with Crippen LogP contribution in [-0.4, -0.2) is 18.8 Å². The van der Waals surface area contributed by atoms with Crippen molar-refractivity contribution in [2.75, 3.05) is 17.7 Å². The van der Waals surface area contributed by atoms with Crippen LogP contribution in [0.3, 0.4) is 0 Å². The molecule has 0 bridgehead atoms. The Balaban J connectivity index is 2.05. The van der Waals surface area contributed by atoms with Gasteiger partial charge in [0.2, 0.25) is 0 Å². The number of hydrogen-bond donors (Lipinski definition) is 2. The summed E-state index contributed by atoms with van der Waals surface area (Å²) in [5.41, 5.74) is 7.62. The zero-order valence-corrected chi connectivity index (χ0v) is 9.94. The van der Waals surface area contributed by atoms with Gasteiger partial charge in [0, 0.05) is 24.0 Å². The lowest BCUT2D eigenvalue weighted by Crippen LogP contribution is -2.29. The van der Waals surface area contributed by atoms with Gasteiger partial charge < -0.3 is 15.8 Å². The van der Waals surface area contributed by atoms with E-state index in [4.69, 9.17) is 15.7 Å². The number of nitrogen functional groups attached to an aromatic ring is 1. The zero-order valence-electron chi connectivity index (χ0n) is 9.94. The molecule has 17 heavy (non-hydrogen) atoms. The Hall–Kier alpha value is -1.73. The van der Waals surface area contributed by atoms with Crippen molar-refractivity contribution in [3.63, 3.8) is 0 Å². The van der Waals surface area contributed by atoms with Crippen LogP contribution in [0, 0.1) is 11.3 Å². The van der Waals surface area contributed by atoms with Gasteiger partial charge in [0.25, 0.3) is 0 Å². The third-order valence-corrected chi connectivity index (χ3v) is 3.09. The Morgan fingerprint density at radius 2 is 2.41 bits per heavy atom. The number of nitrogens with zero attached hydrogens (tertiary/aromatic N) is 1. The minimum absolute atomic E-state index is 0.243. The first-order chi connectivity index (χ1) is 8.20. The molecule has 2 unspecified atom stereocenters. The molecule has 0 spiro atoms. The van der Waals surface area contributed by atoms with Crippen molar-refractivity contribution in [1.82, 2.24) is 0 Å². The van der Waals surface area contributed by atoms with Gasteiger partial charge in [0.1, 0.15) is 6.07 Å². The van der Waals surface area contributed by atoms with Gasteiger partial charge >= 0.3 is 0 Å². The zero-order chi connectivity index (χ0) is 12.3. The van der Waals surface area contributed by atoms with Crippen LogP contribution in [0.2, 0.25) is 0 Å². The number of nitriles is 1. The summed E-state index contributed by atoms with van der Waals surface area (Å²) in [6, 6.07) is 7.75. The third-order valence-electron chi connectivity index (χ3n) is 3.09. The normalized spacial score (nSPS) is 20.8. The average molecular weight is 231 g/mol. The van der Waals surface area contributed by atoms with E-state index in [1.54, 1.807) is 12.1 Å². The highest BCUT2D eigenvalue weighted by molar-refractivity contribution is 5.62. The fourth-order valence-electron chi connectivity index (χ4n) is 2.10. The molecule has 3 N–H and O–H groups in total. The van der Waals surface area contributed by atoms with Gasteiger partial charge in [-0.3, -0.25) is 0 Å². The molecule has 0 radical (unpaired) electrons. The van der Waals surface area contributed by atoms with Crippen molar-refractivity contribution in [3.8, 4) is 6.07 Å².